The normalized spacial score (nSPS) is 16.2. The maximum Gasteiger partial charge on any atom is 0.230 e. The van der Waals surface area contributed by atoms with Gasteiger partial charge in [0, 0.05) is 6.54 Å². The van der Waals surface area contributed by atoms with Crippen LogP contribution in [0.5, 0.6) is 0 Å². The van der Waals surface area contributed by atoms with Crippen molar-refractivity contribution in [2.45, 2.75) is 36.4 Å². The van der Waals surface area contributed by atoms with Crippen LogP contribution in [0.4, 0.5) is 0 Å². The summed E-state index contributed by atoms with van der Waals surface area (Å²) in [6, 6.07) is 8.10. The van der Waals surface area contributed by atoms with Crippen molar-refractivity contribution < 1.29 is 4.79 Å². The minimum absolute atomic E-state index is 0.129. The van der Waals surface area contributed by atoms with Crippen LogP contribution >= 0.6 is 23.1 Å². The molecule has 0 bridgehead atoms. The Bertz CT molecular complexity index is 572. The van der Waals surface area contributed by atoms with Gasteiger partial charge in [-0.1, -0.05) is 43.2 Å². The van der Waals surface area contributed by atoms with Gasteiger partial charge in [-0.05, 0) is 30.9 Å². The third kappa shape index (κ3) is 4.20. The van der Waals surface area contributed by atoms with Gasteiger partial charge < -0.3 is 5.32 Å². The molecule has 1 heterocycles. The minimum atomic E-state index is 0.129. The van der Waals surface area contributed by atoms with Gasteiger partial charge in [0.2, 0.25) is 5.91 Å². The van der Waals surface area contributed by atoms with E-state index in [-0.39, 0.29) is 5.91 Å². The van der Waals surface area contributed by atoms with Gasteiger partial charge in [0.25, 0.3) is 0 Å². The van der Waals surface area contributed by atoms with Gasteiger partial charge in [-0.3, -0.25) is 4.79 Å². The molecule has 112 valence electrons. The van der Waals surface area contributed by atoms with E-state index in [1.807, 2.05) is 18.2 Å². The second-order valence-corrected chi connectivity index (χ2v) is 7.80. The Kier molecular flexibility index (Phi) is 5.14. The Balaban J connectivity index is 1.44. The van der Waals surface area contributed by atoms with Gasteiger partial charge in [0.15, 0.2) is 4.34 Å². The lowest BCUT2D eigenvalue weighted by Gasteiger charge is -2.21. The molecule has 1 aromatic heterocycles. The fraction of sp³-hybridized carbons (Fsp3) is 0.500. The van der Waals surface area contributed by atoms with E-state index in [9.17, 15) is 4.79 Å². The molecule has 0 saturated heterocycles. The summed E-state index contributed by atoms with van der Waals surface area (Å²) in [4.78, 5) is 16.5. The largest absolute Gasteiger partial charge is 0.355 e. The molecule has 1 fully saturated rings. The molecule has 3 nitrogen and oxygen atoms in total. The number of para-hydroxylation sites is 1. The summed E-state index contributed by atoms with van der Waals surface area (Å²) in [5.74, 6) is 1.28. The second kappa shape index (κ2) is 7.27. The smallest absolute Gasteiger partial charge is 0.230 e. The molecule has 3 rings (SSSR count). The molecule has 1 amide bonds. The number of fused-ring (bicyclic) bond motifs is 1. The fourth-order valence-electron chi connectivity index (χ4n) is 2.74. The van der Waals surface area contributed by atoms with Gasteiger partial charge in [-0.25, -0.2) is 4.98 Å². The van der Waals surface area contributed by atoms with Crippen molar-refractivity contribution in [2.24, 2.45) is 5.92 Å². The van der Waals surface area contributed by atoms with Gasteiger partial charge in [0.05, 0.1) is 16.0 Å². The number of rotatable bonds is 5. The topological polar surface area (TPSA) is 42.0 Å². The van der Waals surface area contributed by atoms with E-state index in [4.69, 9.17) is 0 Å². The van der Waals surface area contributed by atoms with Crippen molar-refractivity contribution in [3.05, 3.63) is 24.3 Å². The Morgan fingerprint density at radius 1 is 1.29 bits per heavy atom. The van der Waals surface area contributed by atoms with E-state index >= 15 is 0 Å². The summed E-state index contributed by atoms with van der Waals surface area (Å²) in [6.07, 6.45) is 6.54. The van der Waals surface area contributed by atoms with Gasteiger partial charge in [-0.2, -0.15) is 0 Å². The molecule has 0 aliphatic heterocycles. The third-order valence-electron chi connectivity index (χ3n) is 3.91. The molecule has 1 aliphatic carbocycles. The quantitative estimate of drug-likeness (QED) is 0.844. The minimum Gasteiger partial charge on any atom is -0.355 e. The van der Waals surface area contributed by atoms with E-state index in [1.165, 1.54) is 48.6 Å². The zero-order valence-electron chi connectivity index (χ0n) is 12.0. The highest BCUT2D eigenvalue weighted by Crippen LogP contribution is 2.29. The molecule has 0 unspecified atom stereocenters. The standard InChI is InChI=1S/C16H20N2OS2/c19-15(17-10-12-6-2-1-3-7-12)11-20-16-18-13-8-4-5-9-14(13)21-16/h4-5,8-9,12H,1-3,6-7,10-11H2,(H,17,19). The van der Waals surface area contributed by atoms with E-state index in [2.05, 4.69) is 16.4 Å². The number of carbonyl (C=O) groups excluding carboxylic acids is 1. The molecule has 0 radical (unpaired) electrons. The van der Waals surface area contributed by atoms with Crippen molar-refractivity contribution in [3.8, 4) is 0 Å². The predicted molar refractivity (Wildman–Crippen MR) is 89.9 cm³/mol. The number of benzene rings is 1. The first-order chi connectivity index (χ1) is 10.3. The van der Waals surface area contributed by atoms with E-state index in [0.29, 0.717) is 11.7 Å². The van der Waals surface area contributed by atoms with E-state index < -0.39 is 0 Å². The second-order valence-electron chi connectivity index (χ2n) is 5.54. The highest BCUT2D eigenvalue weighted by Gasteiger charge is 2.14. The summed E-state index contributed by atoms with van der Waals surface area (Å²) in [5, 5.41) is 3.07. The number of aromatic nitrogens is 1. The molecule has 0 spiro atoms. The number of hydrogen-bond donors (Lipinski definition) is 1. The van der Waals surface area contributed by atoms with Crippen LogP contribution in [-0.2, 0) is 4.79 Å². The summed E-state index contributed by atoms with van der Waals surface area (Å²) in [7, 11) is 0. The lowest BCUT2D eigenvalue weighted by molar-refractivity contribution is -0.118. The van der Waals surface area contributed by atoms with Crippen molar-refractivity contribution in [1.82, 2.24) is 10.3 Å². The molecule has 1 N–H and O–H groups in total. The Morgan fingerprint density at radius 3 is 2.90 bits per heavy atom. The number of nitrogens with one attached hydrogen (secondary N) is 1. The zero-order chi connectivity index (χ0) is 14.5. The average molecular weight is 320 g/mol. The van der Waals surface area contributed by atoms with Gasteiger partial charge in [-0.15, -0.1) is 11.3 Å². The molecule has 2 aromatic rings. The van der Waals surface area contributed by atoms with E-state index in [0.717, 1.165) is 16.4 Å². The zero-order valence-corrected chi connectivity index (χ0v) is 13.6. The van der Waals surface area contributed by atoms with Crippen LogP contribution in [0, 0.1) is 5.92 Å². The van der Waals surface area contributed by atoms with Crippen molar-refractivity contribution >= 4 is 39.2 Å². The monoisotopic (exact) mass is 320 g/mol. The van der Waals surface area contributed by atoms with Crippen LogP contribution < -0.4 is 5.32 Å². The third-order valence-corrected chi connectivity index (χ3v) is 6.09. The van der Waals surface area contributed by atoms with Crippen molar-refractivity contribution in [1.29, 1.82) is 0 Å². The molecule has 21 heavy (non-hydrogen) atoms. The summed E-state index contributed by atoms with van der Waals surface area (Å²) >= 11 is 3.19. The predicted octanol–water partition coefficient (Wildman–Crippen LogP) is 4.08. The van der Waals surface area contributed by atoms with Crippen LogP contribution in [-0.4, -0.2) is 23.2 Å². The van der Waals surface area contributed by atoms with E-state index in [1.54, 1.807) is 11.3 Å². The molecule has 1 saturated carbocycles. The van der Waals surface area contributed by atoms with Crippen LogP contribution in [0.1, 0.15) is 32.1 Å². The first-order valence-corrected chi connectivity index (χ1v) is 9.36. The Morgan fingerprint density at radius 2 is 2.10 bits per heavy atom. The highest BCUT2D eigenvalue weighted by atomic mass is 32.2. The number of nitrogens with zero attached hydrogens (tertiary/aromatic N) is 1. The molecule has 1 aromatic carbocycles. The van der Waals surface area contributed by atoms with Gasteiger partial charge in [0.1, 0.15) is 0 Å². The number of thiazole rings is 1. The average Bonchev–Trinajstić information content (AvgIpc) is 2.95. The lowest BCUT2D eigenvalue weighted by atomic mass is 9.89. The van der Waals surface area contributed by atoms with Crippen LogP contribution in [0.15, 0.2) is 28.6 Å². The van der Waals surface area contributed by atoms with Crippen molar-refractivity contribution in [3.63, 3.8) is 0 Å². The summed E-state index contributed by atoms with van der Waals surface area (Å²) < 4.78 is 2.16. The summed E-state index contributed by atoms with van der Waals surface area (Å²) in [5.41, 5.74) is 1.02. The molecule has 0 atom stereocenters. The fourth-order valence-corrected chi connectivity index (χ4v) is 4.64. The number of carbonyl (C=O) groups is 1. The Labute approximate surface area is 133 Å². The highest BCUT2D eigenvalue weighted by molar-refractivity contribution is 8.01. The number of thioether (sulfide) groups is 1. The van der Waals surface area contributed by atoms with Crippen LogP contribution in [0.3, 0.4) is 0 Å². The molecule has 1 aliphatic rings. The molecule has 5 heteroatoms. The SMILES string of the molecule is O=C(CSc1nc2ccccc2s1)NCC1CCCCC1. The van der Waals surface area contributed by atoms with Gasteiger partial charge >= 0.3 is 0 Å². The Hall–Kier alpha value is -1.07. The lowest BCUT2D eigenvalue weighted by Crippen LogP contribution is -2.31. The maximum absolute atomic E-state index is 11.9. The number of amides is 1. The van der Waals surface area contributed by atoms with Crippen molar-refractivity contribution in [2.75, 3.05) is 12.3 Å². The number of hydrogen-bond acceptors (Lipinski definition) is 4. The first kappa shape index (κ1) is 14.9. The van der Waals surface area contributed by atoms with Crippen LogP contribution in [0.2, 0.25) is 0 Å². The molecular formula is C16H20N2OS2. The first-order valence-electron chi connectivity index (χ1n) is 7.56. The van der Waals surface area contributed by atoms with Crippen LogP contribution in [0.25, 0.3) is 10.2 Å². The maximum atomic E-state index is 11.9. The summed E-state index contributed by atoms with van der Waals surface area (Å²) in [6.45, 7) is 0.846. The molecular weight excluding hydrogens is 300 g/mol.